The molecule has 0 radical (unpaired) electrons. The second-order valence-electron chi connectivity index (χ2n) is 5.89. The molecule has 0 aromatic carbocycles. The summed E-state index contributed by atoms with van der Waals surface area (Å²) < 4.78 is 0.841. The van der Waals surface area contributed by atoms with Gasteiger partial charge in [0.2, 0.25) is 0 Å². The summed E-state index contributed by atoms with van der Waals surface area (Å²) in [6.45, 7) is 0. The fourth-order valence-corrected chi connectivity index (χ4v) is 4.29. The molecule has 0 N–H and O–H groups in total. The first-order valence-corrected chi connectivity index (χ1v) is 8.63. The molecule has 23 heavy (non-hydrogen) atoms. The Morgan fingerprint density at radius 2 is 2.00 bits per heavy atom. The molecule has 0 aliphatic heterocycles. The van der Waals surface area contributed by atoms with Crippen LogP contribution in [0.1, 0.15) is 56.4 Å². The Morgan fingerprint density at radius 3 is 2.83 bits per heavy atom. The van der Waals surface area contributed by atoms with E-state index in [2.05, 4.69) is 25.9 Å². The molecule has 2 aliphatic carbocycles. The summed E-state index contributed by atoms with van der Waals surface area (Å²) in [5.41, 5.74) is 3.65. The highest BCUT2D eigenvalue weighted by Crippen LogP contribution is 2.39. The molecule has 4 nitrogen and oxygen atoms in total. The molecule has 2 aromatic heterocycles. The van der Waals surface area contributed by atoms with Gasteiger partial charge >= 0.3 is 0 Å². The number of rotatable bonds is 1. The lowest BCUT2D eigenvalue weighted by atomic mass is 9.90. The van der Waals surface area contributed by atoms with E-state index < -0.39 is 0 Å². The molecule has 0 saturated carbocycles. The van der Waals surface area contributed by atoms with E-state index in [1.54, 1.807) is 12.3 Å². The molecule has 4 rings (SSSR count). The minimum atomic E-state index is -0.319. The molecule has 0 saturated heterocycles. The highest BCUT2D eigenvalue weighted by molar-refractivity contribution is 9.10. The van der Waals surface area contributed by atoms with Gasteiger partial charge in [-0.3, -0.25) is 14.6 Å². The number of carbonyl (C=O) groups excluding carboxylic acids is 2. The van der Waals surface area contributed by atoms with Crippen LogP contribution in [0.15, 0.2) is 22.8 Å². The predicted molar refractivity (Wildman–Crippen MR) is 89.2 cm³/mol. The third-order valence-corrected chi connectivity index (χ3v) is 5.67. The Kier molecular flexibility index (Phi) is 3.58. The van der Waals surface area contributed by atoms with Gasteiger partial charge in [-0.1, -0.05) is 33.6 Å². The van der Waals surface area contributed by atoms with Crippen LogP contribution >= 0.6 is 27.5 Å². The second-order valence-corrected chi connectivity index (χ2v) is 7.07. The number of hydrogen-bond acceptors (Lipinski definition) is 4. The predicted octanol–water partition coefficient (Wildman–Crippen LogP) is 3.93. The first-order chi connectivity index (χ1) is 11.1. The van der Waals surface area contributed by atoms with Crippen molar-refractivity contribution in [2.45, 2.75) is 31.6 Å². The van der Waals surface area contributed by atoms with Gasteiger partial charge in [-0.25, -0.2) is 4.98 Å². The van der Waals surface area contributed by atoms with Crippen LogP contribution in [-0.2, 0) is 12.8 Å². The van der Waals surface area contributed by atoms with Gasteiger partial charge in [0.05, 0.1) is 5.92 Å². The van der Waals surface area contributed by atoms with Crippen molar-refractivity contribution in [1.82, 2.24) is 9.97 Å². The van der Waals surface area contributed by atoms with E-state index in [1.807, 2.05) is 6.07 Å². The lowest BCUT2D eigenvalue weighted by Gasteiger charge is -2.19. The summed E-state index contributed by atoms with van der Waals surface area (Å²) in [5.74, 6) is -0.278. The highest BCUT2D eigenvalue weighted by Gasteiger charge is 2.36. The topological polar surface area (TPSA) is 59.9 Å². The second kappa shape index (κ2) is 5.49. The molecule has 0 amide bonds. The fourth-order valence-electron chi connectivity index (χ4n) is 3.37. The quantitative estimate of drug-likeness (QED) is 0.691. The lowest BCUT2D eigenvalue weighted by molar-refractivity contribution is 0.0963. The van der Waals surface area contributed by atoms with Crippen molar-refractivity contribution in [3.63, 3.8) is 0 Å². The van der Waals surface area contributed by atoms with E-state index in [9.17, 15) is 9.59 Å². The molecule has 6 heteroatoms. The number of pyridine rings is 2. The van der Waals surface area contributed by atoms with Crippen LogP contribution < -0.4 is 0 Å². The van der Waals surface area contributed by atoms with Gasteiger partial charge in [0.25, 0.3) is 0 Å². The first kappa shape index (κ1) is 15.0. The molecule has 2 heterocycles. The fraction of sp³-hybridized carbons (Fsp3) is 0.294. The van der Waals surface area contributed by atoms with Crippen molar-refractivity contribution in [1.29, 1.82) is 0 Å². The highest BCUT2D eigenvalue weighted by atomic mass is 79.9. The molecule has 0 spiro atoms. The Hall–Kier alpha value is -1.59. The van der Waals surface area contributed by atoms with Crippen molar-refractivity contribution < 1.29 is 9.59 Å². The summed E-state index contributed by atoms with van der Waals surface area (Å²) in [7, 11) is 0. The summed E-state index contributed by atoms with van der Waals surface area (Å²) in [6.07, 6.45) is 4.42. The number of ketones is 2. The van der Waals surface area contributed by atoms with E-state index in [1.165, 1.54) is 0 Å². The Bertz CT molecular complexity index is 866. The molecule has 116 valence electrons. The number of halogens is 2. The number of fused-ring (bicyclic) bond motifs is 2. The standard InChI is InChI=1S/C17H12BrClN2O2/c18-14-9-2-1-3-12(22)16(9)20-7-11(14)10-6-8-4-5-13(19)21-15(8)17(10)23/h4-5,7,10H,1-3,6H2. The van der Waals surface area contributed by atoms with Gasteiger partial charge in [0, 0.05) is 17.1 Å². The molecular weight excluding hydrogens is 380 g/mol. The average Bonchev–Trinajstić information content (AvgIpc) is 2.85. The summed E-state index contributed by atoms with van der Waals surface area (Å²) >= 11 is 9.50. The summed E-state index contributed by atoms with van der Waals surface area (Å²) in [5, 5.41) is 0.325. The Labute approximate surface area is 146 Å². The van der Waals surface area contributed by atoms with Crippen LogP contribution in [0, 0.1) is 0 Å². The smallest absolute Gasteiger partial charge is 0.189 e. The Morgan fingerprint density at radius 1 is 1.17 bits per heavy atom. The average molecular weight is 392 g/mol. The Balaban J connectivity index is 1.78. The molecule has 1 unspecified atom stereocenters. The van der Waals surface area contributed by atoms with E-state index >= 15 is 0 Å². The molecule has 1 atom stereocenters. The molecule has 2 aliphatic rings. The summed E-state index contributed by atoms with van der Waals surface area (Å²) in [4.78, 5) is 33.2. The largest absolute Gasteiger partial charge is 0.292 e. The molecule has 2 aromatic rings. The van der Waals surface area contributed by atoms with Crippen molar-refractivity contribution in [2.75, 3.05) is 0 Å². The zero-order chi connectivity index (χ0) is 16.1. The normalized spacial score (nSPS) is 19.7. The van der Waals surface area contributed by atoms with Gasteiger partial charge < -0.3 is 0 Å². The minimum absolute atomic E-state index is 0.0351. The first-order valence-electron chi connectivity index (χ1n) is 7.46. The molecule has 0 bridgehead atoms. The zero-order valence-corrected chi connectivity index (χ0v) is 14.4. The number of carbonyl (C=O) groups is 2. The molecule has 0 fully saturated rings. The SMILES string of the molecule is O=C1CCCc2c1ncc(C1Cc3ccc(Cl)nc3C1=O)c2Br. The number of nitrogens with zero attached hydrogens (tertiary/aromatic N) is 2. The maximum Gasteiger partial charge on any atom is 0.189 e. The van der Waals surface area contributed by atoms with Crippen molar-refractivity contribution >= 4 is 39.1 Å². The van der Waals surface area contributed by atoms with Gasteiger partial charge in [-0.2, -0.15) is 0 Å². The van der Waals surface area contributed by atoms with E-state index in [0.717, 1.165) is 34.0 Å². The number of hydrogen-bond donors (Lipinski definition) is 0. The van der Waals surface area contributed by atoms with E-state index in [4.69, 9.17) is 11.6 Å². The third-order valence-electron chi connectivity index (χ3n) is 4.53. The third kappa shape index (κ3) is 2.34. The molecular formula is C17H12BrClN2O2. The van der Waals surface area contributed by atoms with E-state index in [-0.39, 0.29) is 17.5 Å². The monoisotopic (exact) mass is 390 g/mol. The van der Waals surface area contributed by atoms with Gasteiger partial charge in [0.15, 0.2) is 11.6 Å². The van der Waals surface area contributed by atoms with Gasteiger partial charge in [-0.15, -0.1) is 0 Å². The maximum atomic E-state index is 12.7. The minimum Gasteiger partial charge on any atom is -0.292 e. The summed E-state index contributed by atoms with van der Waals surface area (Å²) in [6, 6.07) is 3.56. The van der Waals surface area contributed by atoms with Crippen LogP contribution in [0.2, 0.25) is 5.15 Å². The van der Waals surface area contributed by atoms with Gasteiger partial charge in [-0.05, 0) is 42.0 Å². The lowest BCUT2D eigenvalue weighted by Crippen LogP contribution is -2.17. The van der Waals surface area contributed by atoms with Crippen molar-refractivity contribution in [2.24, 2.45) is 0 Å². The number of Topliss-reactive ketones (excluding diaryl/α,β-unsaturated/α-hetero) is 2. The van der Waals surface area contributed by atoms with Crippen LogP contribution in [0.4, 0.5) is 0 Å². The van der Waals surface area contributed by atoms with Crippen LogP contribution in [0.5, 0.6) is 0 Å². The van der Waals surface area contributed by atoms with Crippen LogP contribution in [-0.4, -0.2) is 21.5 Å². The zero-order valence-electron chi connectivity index (χ0n) is 12.1. The van der Waals surface area contributed by atoms with Crippen LogP contribution in [0.25, 0.3) is 0 Å². The van der Waals surface area contributed by atoms with E-state index in [0.29, 0.717) is 29.4 Å². The number of aromatic nitrogens is 2. The van der Waals surface area contributed by atoms with Crippen molar-refractivity contribution in [3.8, 4) is 0 Å². The van der Waals surface area contributed by atoms with Crippen molar-refractivity contribution in [3.05, 3.63) is 56.0 Å². The van der Waals surface area contributed by atoms with Crippen LogP contribution in [0.3, 0.4) is 0 Å². The van der Waals surface area contributed by atoms with Gasteiger partial charge in [0.1, 0.15) is 16.5 Å². The maximum absolute atomic E-state index is 12.7.